The second-order valence-electron chi connectivity index (χ2n) is 7.80. The van der Waals surface area contributed by atoms with Gasteiger partial charge in [-0.3, -0.25) is 0 Å². The number of benzene rings is 2. The number of carboxylic acid groups (broad SMARTS) is 1. The Morgan fingerprint density at radius 1 is 1.12 bits per heavy atom. The summed E-state index contributed by atoms with van der Waals surface area (Å²) in [6.45, 7) is 2.79. The molecule has 0 saturated carbocycles. The van der Waals surface area contributed by atoms with E-state index in [1.807, 2.05) is 24.3 Å². The number of aromatic nitrogens is 6. The van der Waals surface area contributed by atoms with Crippen molar-refractivity contribution in [2.75, 3.05) is 0 Å². The molecule has 3 aromatic heterocycles. The molecule has 5 rings (SSSR count). The van der Waals surface area contributed by atoms with Crippen LogP contribution in [0.15, 0.2) is 54.6 Å². The first-order chi connectivity index (χ1) is 16.1. The van der Waals surface area contributed by atoms with Gasteiger partial charge in [-0.1, -0.05) is 61.9 Å². The first kappa shape index (κ1) is 21.0. The highest BCUT2D eigenvalue weighted by atomic mass is 32.1. The highest BCUT2D eigenvalue weighted by molar-refractivity contribution is 7.20. The molecule has 5 aromatic rings. The lowest BCUT2D eigenvalue weighted by Gasteiger charge is -2.11. The topological polar surface area (TPSA) is 110 Å². The maximum Gasteiger partial charge on any atom is 0.346 e. The summed E-state index contributed by atoms with van der Waals surface area (Å²) in [5, 5.41) is 23.8. The van der Waals surface area contributed by atoms with Gasteiger partial charge in [-0.15, -0.1) is 21.5 Å². The number of H-pyrrole nitrogens is 1. The first-order valence-electron chi connectivity index (χ1n) is 10.8. The molecular weight excluding hydrogens is 436 g/mol. The number of aryl methyl sites for hydroxylation is 1. The monoisotopic (exact) mass is 458 g/mol. The van der Waals surface area contributed by atoms with Crippen LogP contribution in [0.5, 0.6) is 0 Å². The molecule has 2 aromatic carbocycles. The number of hydrogen-bond acceptors (Lipinski definition) is 6. The normalized spacial score (nSPS) is 11.3. The van der Waals surface area contributed by atoms with Gasteiger partial charge in [0.05, 0.1) is 5.52 Å². The number of carboxylic acids is 1. The van der Waals surface area contributed by atoms with Crippen molar-refractivity contribution in [1.82, 2.24) is 30.2 Å². The maximum absolute atomic E-state index is 11.4. The highest BCUT2D eigenvalue weighted by Gasteiger charge is 2.17. The summed E-state index contributed by atoms with van der Waals surface area (Å²) in [7, 11) is 0. The van der Waals surface area contributed by atoms with Crippen LogP contribution < -0.4 is 0 Å². The van der Waals surface area contributed by atoms with Crippen LogP contribution in [0.1, 0.15) is 40.8 Å². The summed E-state index contributed by atoms with van der Waals surface area (Å²) in [5.41, 5.74) is 5.01. The highest BCUT2D eigenvalue weighted by Crippen LogP contribution is 2.31. The largest absolute Gasteiger partial charge is 0.477 e. The molecule has 3 heterocycles. The van der Waals surface area contributed by atoms with Crippen LogP contribution >= 0.6 is 11.3 Å². The van der Waals surface area contributed by atoms with Crippen molar-refractivity contribution in [3.63, 3.8) is 0 Å². The second-order valence-corrected chi connectivity index (χ2v) is 8.83. The van der Waals surface area contributed by atoms with E-state index < -0.39 is 5.97 Å². The van der Waals surface area contributed by atoms with Crippen LogP contribution in [-0.2, 0) is 13.0 Å². The van der Waals surface area contributed by atoms with Crippen LogP contribution in [0.2, 0.25) is 0 Å². The quantitative estimate of drug-likeness (QED) is 0.337. The molecule has 0 spiro atoms. The summed E-state index contributed by atoms with van der Waals surface area (Å²) in [6, 6.07) is 18.1. The summed E-state index contributed by atoms with van der Waals surface area (Å²) in [6.07, 6.45) is 2.99. The zero-order valence-electron chi connectivity index (χ0n) is 18.0. The molecule has 0 bridgehead atoms. The molecule has 166 valence electrons. The number of aromatic amines is 1. The number of tetrazole rings is 1. The fourth-order valence-corrected chi connectivity index (χ4v) is 4.84. The smallest absolute Gasteiger partial charge is 0.346 e. The van der Waals surface area contributed by atoms with Crippen molar-refractivity contribution in [3.8, 4) is 22.5 Å². The van der Waals surface area contributed by atoms with Crippen LogP contribution in [0, 0.1) is 0 Å². The average molecular weight is 459 g/mol. The number of aromatic carboxylic acids is 1. The predicted molar refractivity (Wildman–Crippen MR) is 127 cm³/mol. The Morgan fingerprint density at radius 3 is 2.61 bits per heavy atom. The minimum atomic E-state index is -0.913. The molecule has 0 aliphatic heterocycles. The number of imidazole rings is 1. The van der Waals surface area contributed by atoms with Gasteiger partial charge in [0, 0.05) is 18.5 Å². The number of thiophene rings is 1. The van der Waals surface area contributed by atoms with Gasteiger partial charge >= 0.3 is 5.97 Å². The molecule has 0 amide bonds. The van der Waals surface area contributed by atoms with E-state index in [0.717, 1.165) is 57.7 Å². The Balaban J connectivity index is 1.47. The van der Waals surface area contributed by atoms with Crippen molar-refractivity contribution in [2.45, 2.75) is 32.7 Å². The molecule has 2 N–H and O–H groups in total. The molecule has 8 nitrogen and oxygen atoms in total. The second kappa shape index (κ2) is 8.95. The minimum absolute atomic E-state index is 0.316. The van der Waals surface area contributed by atoms with Gasteiger partial charge in [0.25, 0.3) is 0 Å². The lowest BCUT2D eigenvalue weighted by atomic mass is 9.98. The lowest BCUT2D eigenvalue weighted by Crippen LogP contribution is -2.05. The van der Waals surface area contributed by atoms with E-state index in [1.54, 1.807) is 6.07 Å². The summed E-state index contributed by atoms with van der Waals surface area (Å²) in [5.74, 6) is 0.647. The standard InChI is InChI=1S/C24H22N6O2S/c1-2-3-8-21-25-23-19(13-20(33-23)24(31)32)30(21)14-15-9-11-16(12-10-15)17-6-4-5-7-18(17)22-26-28-29-27-22/h4-7,9-13H,2-3,8,14H2,1H3,(H,31,32)(H,26,27,28,29). The number of hydrogen-bond donors (Lipinski definition) is 2. The molecule has 0 unspecified atom stereocenters. The van der Waals surface area contributed by atoms with E-state index in [1.165, 1.54) is 11.3 Å². The maximum atomic E-state index is 11.4. The SMILES string of the molecule is CCCCc1nc2sc(C(=O)O)cc2n1Cc1ccc(-c2ccccc2-c2nn[nH]n2)cc1. The molecule has 33 heavy (non-hydrogen) atoms. The van der Waals surface area contributed by atoms with Gasteiger partial charge in [-0.2, -0.15) is 5.21 Å². The van der Waals surface area contributed by atoms with Crippen molar-refractivity contribution in [3.05, 3.63) is 70.9 Å². The third-order valence-electron chi connectivity index (χ3n) is 5.61. The predicted octanol–water partition coefficient (Wildman–Crippen LogP) is 5.03. The van der Waals surface area contributed by atoms with Crippen molar-refractivity contribution in [1.29, 1.82) is 0 Å². The average Bonchev–Trinajstić information content (AvgIpc) is 3.56. The van der Waals surface area contributed by atoms with E-state index in [-0.39, 0.29) is 0 Å². The lowest BCUT2D eigenvalue weighted by molar-refractivity contribution is 0.0702. The van der Waals surface area contributed by atoms with Crippen molar-refractivity contribution < 1.29 is 9.90 Å². The molecule has 0 radical (unpaired) electrons. The number of nitrogens with zero attached hydrogens (tertiary/aromatic N) is 5. The molecule has 0 aliphatic carbocycles. The van der Waals surface area contributed by atoms with E-state index in [4.69, 9.17) is 4.98 Å². The summed E-state index contributed by atoms with van der Waals surface area (Å²) >= 11 is 1.23. The number of rotatable bonds is 8. The number of nitrogens with one attached hydrogen (secondary N) is 1. The van der Waals surface area contributed by atoms with Gasteiger partial charge in [-0.25, -0.2) is 9.78 Å². The molecule has 0 fully saturated rings. The van der Waals surface area contributed by atoms with Crippen LogP contribution in [0.3, 0.4) is 0 Å². The van der Waals surface area contributed by atoms with E-state index in [2.05, 4.69) is 56.4 Å². The Bertz CT molecular complexity index is 1400. The van der Waals surface area contributed by atoms with Gasteiger partial charge in [-0.05, 0) is 34.4 Å². The zero-order chi connectivity index (χ0) is 22.8. The van der Waals surface area contributed by atoms with E-state index >= 15 is 0 Å². The fourth-order valence-electron chi connectivity index (χ4n) is 3.95. The Kier molecular flexibility index (Phi) is 5.70. The van der Waals surface area contributed by atoms with Crippen LogP contribution in [0.25, 0.3) is 32.9 Å². The van der Waals surface area contributed by atoms with Gasteiger partial charge < -0.3 is 9.67 Å². The number of unbranched alkanes of at least 4 members (excludes halogenated alkanes) is 1. The van der Waals surface area contributed by atoms with E-state index in [9.17, 15) is 9.90 Å². The van der Waals surface area contributed by atoms with E-state index in [0.29, 0.717) is 17.2 Å². The Labute approximate surface area is 193 Å². The molecule has 0 atom stereocenters. The van der Waals surface area contributed by atoms with Gasteiger partial charge in [0.2, 0.25) is 5.82 Å². The molecular formula is C24H22N6O2S. The molecule has 0 saturated heterocycles. The van der Waals surface area contributed by atoms with Crippen molar-refractivity contribution in [2.24, 2.45) is 0 Å². The zero-order valence-corrected chi connectivity index (χ0v) is 18.8. The van der Waals surface area contributed by atoms with Gasteiger partial charge in [0.1, 0.15) is 15.5 Å². The summed E-state index contributed by atoms with van der Waals surface area (Å²) in [4.78, 5) is 17.3. The molecule has 0 aliphatic rings. The summed E-state index contributed by atoms with van der Waals surface area (Å²) < 4.78 is 2.15. The third-order valence-corrected chi connectivity index (χ3v) is 6.62. The number of fused-ring (bicyclic) bond motifs is 1. The molecule has 9 heteroatoms. The minimum Gasteiger partial charge on any atom is -0.477 e. The first-order valence-corrected chi connectivity index (χ1v) is 11.6. The third kappa shape index (κ3) is 4.14. The fraction of sp³-hybridized carbons (Fsp3) is 0.208. The van der Waals surface area contributed by atoms with Crippen LogP contribution in [0.4, 0.5) is 0 Å². The van der Waals surface area contributed by atoms with Gasteiger partial charge in [0.15, 0.2) is 0 Å². The van der Waals surface area contributed by atoms with Crippen molar-refractivity contribution >= 4 is 27.7 Å². The van der Waals surface area contributed by atoms with Crippen LogP contribution in [-0.4, -0.2) is 41.3 Å². The Morgan fingerprint density at radius 2 is 1.91 bits per heavy atom. The Hall–Kier alpha value is -3.85. The number of carbonyl (C=O) groups is 1.